The highest BCUT2D eigenvalue weighted by Crippen LogP contribution is 2.39. The topological polar surface area (TPSA) is 12.9 Å². The van der Waals surface area contributed by atoms with Crippen molar-refractivity contribution >= 4 is 34.8 Å². The number of pyridine rings is 1. The smallest absolute Gasteiger partial charge is 0.240 e. The number of rotatable bonds is 1. The van der Waals surface area contributed by atoms with Crippen LogP contribution in [0.4, 0.5) is 17.6 Å². The summed E-state index contributed by atoms with van der Waals surface area (Å²) in [5.41, 5.74) is -1.83. The van der Waals surface area contributed by atoms with Gasteiger partial charge in [0.1, 0.15) is 17.2 Å². The highest BCUT2D eigenvalue weighted by atomic mass is 35.5. The first-order valence-corrected chi connectivity index (χ1v) is 6.23. The van der Waals surface area contributed by atoms with Crippen molar-refractivity contribution in [2.24, 2.45) is 0 Å². The van der Waals surface area contributed by atoms with Crippen molar-refractivity contribution < 1.29 is 17.6 Å². The first-order chi connectivity index (χ1) is 9.21. The summed E-state index contributed by atoms with van der Waals surface area (Å²) < 4.78 is 51.5. The molecule has 0 bridgehead atoms. The fourth-order valence-corrected chi connectivity index (χ4v) is 2.12. The van der Waals surface area contributed by atoms with Gasteiger partial charge in [-0.05, 0) is 24.3 Å². The van der Waals surface area contributed by atoms with E-state index in [-0.39, 0.29) is 20.6 Å². The van der Waals surface area contributed by atoms with Gasteiger partial charge in [-0.15, -0.1) is 0 Å². The minimum atomic E-state index is -4.69. The van der Waals surface area contributed by atoms with E-state index in [0.29, 0.717) is 12.1 Å². The van der Waals surface area contributed by atoms with Gasteiger partial charge in [-0.1, -0.05) is 34.8 Å². The normalized spacial score (nSPS) is 11.8. The highest BCUT2D eigenvalue weighted by Gasteiger charge is 2.33. The summed E-state index contributed by atoms with van der Waals surface area (Å²) in [6.07, 6.45) is -4.69. The van der Waals surface area contributed by atoms with Crippen molar-refractivity contribution in [3.63, 3.8) is 0 Å². The van der Waals surface area contributed by atoms with Crippen LogP contribution in [0.25, 0.3) is 11.3 Å². The molecular formula is C12H4Cl3F4N. The zero-order valence-corrected chi connectivity index (χ0v) is 11.7. The Morgan fingerprint density at radius 3 is 2.15 bits per heavy atom. The molecule has 0 saturated carbocycles. The SMILES string of the molecule is Fc1ccc(C(F)(F)F)nc1-c1ccc(Cl)c(Cl)c1Cl. The summed E-state index contributed by atoms with van der Waals surface area (Å²) in [7, 11) is 0. The van der Waals surface area contributed by atoms with Crippen LogP contribution < -0.4 is 0 Å². The Labute approximate surface area is 126 Å². The van der Waals surface area contributed by atoms with E-state index in [4.69, 9.17) is 34.8 Å². The summed E-state index contributed by atoms with van der Waals surface area (Å²) in [4.78, 5) is 3.26. The van der Waals surface area contributed by atoms with Gasteiger partial charge < -0.3 is 0 Å². The van der Waals surface area contributed by atoms with E-state index in [1.807, 2.05) is 0 Å². The molecule has 0 atom stereocenters. The van der Waals surface area contributed by atoms with Crippen LogP contribution in [0, 0.1) is 5.82 Å². The van der Waals surface area contributed by atoms with Gasteiger partial charge in [-0.3, -0.25) is 0 Å². The fraction of sp³-hybridized carbons (Fsp3) is 0.0833. The van der Waals surface area contributed by atoms with E-state index in [2.05, 4.69) is 4.98 Å². The first-order valence-electron chi connectivity index (χ1n) is 5.09. The second kappa shape index (κ2) is 5.39. The van der Waals surface area contributed by atoms with Crippen LogP contribution in [0.1, 0.15) is 5.69 Å². The summed E-state index contributed by atoms with van der Waals surface area (Å²) in [6, 6.07) is 3.77. The minimum absolute atomic E-state index is 0.0651. The van der Waals surface area contributed by atoms with E-state index in [9.17, 15) is 17.6 Å². The van der Waals surface area contributed by atoms with Gasteiger partial charge in [-0.2, -0.15) is 13.2 Å². The molecule has 20 heavy (non-hydrogen) atoms. The van der Waals surface area contributed by atoms with Crippen LogP contribution in [0.3, 0.4) is 0 Å². The Morgan fingerprint density at radius 2 is 1.55 bits per heavy atom. The molecule has 106 valence electrons. The van der Waals surface area contributed by atoms with E-state index < -0.39 is 23.4 Å². The molecule has 0 spiro atoms. The molecule has 0 saturated heterocycles. The van der Waals surface area contributed by atoms with E-state index in [0.717, 1.165) is 0 Å². The molecule has 8 heteroatoms. The summed E-state index contributed by atoms with van der Waals surface area (Å²) >= 11 is 17.4. The average molecular weight is 345 g/mol. The van der Waals surface area contributed by atoms with Gasteiger partial charge in [-0.25, -0.2) is 9.37 Å². The van der Waals surface area contributed by atoms with Gasteiger partial charge >= 0.3 is 6.18 Å². The summed E-state index contributed by atoms with van der Waals surface area (Å²) in [5, 5.41) is -0.137. The molecule has 0 amide bonds. The number of benzene rings is 1. The Bertz CT molecular complexity index is 670. The molecule has 0 aliphatic carbocycles. The van der Waals surface area contributed by atoms with Crippen LogP contribution in [0.2, 0.25) is 15.1 Å². The molecule has 0 fully saturated rings. The zero-order valence-electron chi connectivity index (χ0n) is 9.40. The highest BCUT2D eigenvalue weighted by molar-refractivity contribution is 6.49. The van der Waals surface area contributed by atoms with E-state index >= 15 is 0 Å². The average Bonchev–Trinajstić information content (AvgIpc) is 2.36. The van der Waals surface area contributed by atoms with Gasteiger partial charge in [0.2, 0.25) is 0 Å². The number of halogens is 7. The standard InChI is InChI=1S/C12H4Cl3F4N/c13-6-2-1-5(9(14)10(6)15)11-7(16)3-4-8(20-11)12(17,18)19/h1-4H. The molecule has 0 radical (unpaired) electrons. The van der Waals surface area contributed by atoms with E-state index in [1.54, 1.807) is 0 Å². The predicted octanol–water partition coefficient (Wildman–Crippen LogP) is 5.87. The predicted molar refractivity (Wildman–Crippen MR) is 69.7 cm³/mol. The largest absolute Gasteiger partial charge is 0.433 e. The van der Waals surface area contributed by atoms with Crippen molar-refractivity contribution in [3.8, 4) is 11.3 Å². The van der Waals surface area contributed by atoms with Crippen molar-refractivity contribution in [2.75, 3.05) is 0 Å². The van der Waals surface area contributed by atoms with Crippen LogP contribution in [0.15, 0.2) is 24.3 Å². The number of alkyl halides is 3. The van der Waals surface area contributed by atoms with Crippen molar-refractivity contribution in [2.45, 2.75) is 6.18 Å². The van der Waals surface area contributed by atoms with Crippen LogP contribution in [-0.2, 0) is 6.18 Å². The van der Waals surface area contributed by atoms with Crippen molar-refractivity contribution in [1.82, 2.24) is 4.98 Å². The monoisotopic (exact) mass is 343 g/mol. The number of hydrogen-bond acceptors (Lipinski definition) is 1. The molecule has 1 heterocycles. The Kier molecular flexibility index (Phi) is 4.14. The Balaban J connectivity index is 2.67. The second-order valence-corrected chi connectivity index (χ2v) is 4.91. The van der Waals surface area contributed by atoms with Gasteiger partial charge in [0.05, 0.1) is 15.1 Å². The summed E-state index contributed by atoms with van der Waals surface area (Å²) in [6.45, 7) is 0. The van der Waals surface area contributed by atoms with Gasteiger partial charge in [0.15, 0.2) is 0 Å². The molecule has 1 aromatic heterocycles. The lowest BCUT2D eigenvalue weighted by atomic mass is 10.1. The fourth-order valence-electron chi connectivity index (χ4n) is 1.50. The first kappa shape index (κ1) is 15.4. The Hall–Kier alpha value is -1.04. The molecule has 1 aromatic carbocycles. The molecule has 0 N–H and O–H groups in total. The molecule has 0 unspecified atom stereocenters. The van der Waals surface area contributed by atoms with Gasteiger partial charge in [0.25, 0.3) is 0 Å². The lowest BCUT2D eigenvalue weighted by Crippen LogP contribution is -2.09. The maximum atomic E-state index is 13.7. The molecule has 2 rings (SSSR count). The minimum Gasteiger partial charge on any atom is -0.240 e. The molecule has 1 nitrogen and oxygen atoms in total. The maximum Gasteiger partial charge on any atom is 0.433 e. The Morgan fingerprint density at radius 1 is 0.900 bits per heavy atom. The van der Waals surface area contributed by atoms with Crippen LogP contribution in [-0.4, -0.2) is 4.98 Å². The summed E-state index contributed by atoms with van der Waals surface area (Å²) in [5.74, 6) is -0.946. The maximum absolute atomic E-state index is 13.7. The number of aromatic nitrogens is 1. The number of hydrogen-bond donors (Lipinski definition) is 0. The third kappa shape index (κ3) is 2.85. The molecular weight excluding hydrogens is 340 g/mol. The lowest BCUT2D eigenvalue weighted by molar-refractivity contribution is -0.141. The molecule has 2 aromatic rings. The zero-order chi connectivity index (χ0) is 15.1. The quantitative estimate of drug-likeness (QED) is 0.466. The lowest BCUT2D eigenvalue weighted by Gasteiger charge is -2.11. The van der Waals surface area contributed by atoms with Crippen molar-refractivity contribution in [3.05, 3.63) is 50.8 Å². The third-order valence-corrected chi connectivity index (χ3v) is 3.72. The number of nitrogens with zero attached hydrogens (tertiary/aromatic N) is 1. The van der Waals surface area contributed by atoms with Gasteiger partial charge in [0, 0.05) is 5.56 Å². The van der Waals surface area contributed by atoms with Crippen molar-refractivity contribution in [1.29, 1.82) is 0 Å². The third-order valence-electron chi connectivity index (χ3n) is 2.43. The molecule has 0 aliphatic rings. The van der Waals surface area contributed by atoms with Crippen LogP contribution >= 0.6 is 34.8 Å². The van der Waals surface area contributed by atoms with Crippen LogP contribution in [0.5, 0.6) is 0 Å². The second-order valence-electron chi connectivity index (χ2n) is 3.75. The molecule has 0 aliphatic heterocycles. The van der Waals surface area contributed by atoms with E-state index in [1.165, 1.54) is 12.1 Å².